The molecule has 34 valence electrons. The maximum Gasteiger partial charge on any atom is 0 e. The van der Waals surface area contributed by atoms with Gasteiger partial charge in [0.1, 0.15) is 0 Å². The second-order valence-electron chi connectivity index (χ2n) is 0.231. The molecule has 6 heavy (non-hydrogen) atoms. The van der Waals surface area contributed by atoms with Crippen molar-refractivity contribution in [2.24, 2.45) is 0 Å². The zero-order valence-corrected chi connectivity index (χ0v) is 2.94. The van der Waals surface area contributed by atoms with Gasteiger partial charge in [0.25, 0.3) is 11.4 Å². The van der Waals surface area contributed by atoms with Crippen molar-refractivity contribution in [1.29, 1.82) is 0 Å². The molecule has 0 fully saturated rings. The van der Waals surface area contributed by atoms with Crippen LogP contribution in [-0.2, 0) is 16.8 Å². The van der Waals surface area contributed by atoms with Crippen LogP contribution in [0.2, 0.25) is 0 Å². The quantitative estimate of drug-likeness (QED) is 0.316. The molecule has 0 atom stereocenters. The maximum atomic E-state index is 8.67. The minimum atomic E-state index is -2.61. The van der Waals surface area contributed by atoms with Gasteiger partial charge in [-0.05, 0) is 0 Å². The molecule has 6 heteroatoms. The first-order valence-corrected chi connectivity index (χ1v) is 1.60. The van der Waals surface area contributed by atoms with Crippen molar-refractivity contribution in [1.82, 2.24) is 0 Å². The smallest absolute Gasteiger partial charge is 0 e. The number of hydrogen-bond donors (Lipinski definition) is 2. The van der Waals surface area contributed by atoms with Crippen molar-refractivity contribution in [3.8, 4) is 0 Å². The van der Waals surface area contributed by atoms with Gasteiger partial charge in [-0.2, -0.15) is 4.21 Å². The monoisotopic (exact) mass is 122 g/mol. The van der Waals surface area contributed by atoms with Crippen LogP contribution in [0.4, 0.5) is 0 Å². The molecular formula is H3NaO4S. The van der Waals surface area contributed by atoms with Crippen molar-refractivity contribution in [3.63, 3.8) is 0 Å². The van der Waals surface area contributed by atoms with Crippen molar-refractivity contribution < 1.29 is 18.8 Å². The molecule has 0 saturated carbocycles. The summed E-state index contributed by atoms with van der Waals surface area (Å²) in [5.41, 5.74) is 0. The van der Waals surface area contributed by atoms with Crippen LogP contribution >= 0.6 is 0 Å². The van der Waals surface area contributed by atoms with Crippen LogP contribution in [0.25, 0.3) is 0 Å². The largest absolute Gasteiger partial charge is 0 e. The van der Waals surface area contributed by atoms with Crippen LogP contribution in [0.3, 0.4) is 0 Å². The van der Waals surface area contributed by atoms with E-state index < -0.39 is 11.4 Å². The van der Waals surface area contributed by atoms with Gasteiger partial charge < -0.3 is 0 Å². The van der Waals surface area contributed by atoms with Gasteiger partial charge >= 0.3 is 29.6 Å². The molecule has 0 saturated heterocycles. The van der Waals surface area contributed by atoms with Crippen molar-refractivity contribution >= 4 is 40.9 Å². The molecule has 2 N–H and O–H groups in total. The Morgan fingerprint density at radius 1 is 1.33 bits per heavy atom. The maximum absolute atomic E-state index is 8.67. The molecule has 0 spiro atoms. The van der Waals surface area contributed by atoms with Crippen LogP contribution in [0.1, 0.15) is 0 Å². The molecule has 0 aliphatic heterocycles. The van der Waals surface area contributed by atoms with E-state index >= 15 is 0 Å². The Kier molecular flexibility index (Phi) is 24.6. The molecule has 0 aromatic heterocycles. The normalized spacial score (nSPS) is 5.83. The average Bonchev–Trinajstić information content (AvgIpc) is 0.811. The van der Waals surface area contributed by atoms with Crippen LogP contribution < -0.4 is 0 Å². The Bertz CT molecular complexity index is 30.5. The van der Waals surface area contributed by atoms with Crippen LogP contribution in [0.5, 0.6) is 0 Å². The SMILES string of the molecule is O=S(O)O.[NaH].[O]. The number of hydrogen-bond acceptors (Lipinski definition) is 1. The molecule has 2 radical (unpaired) electrons. The van der Waals surface area contributed by atoms with E-state index in [4.69, 9.17) is 13.3 Å². The van der Waals surface area contributed by atoms with Gasteiger partial charge in [-0.25, -0.2) is 0 Å². The second-order valence-corrected chi connectivity index (χ2v) is 0.692. The summed E-state index contributed by atoms with van der Waals surface area (Å²) >= 11 is -2.61. The van der Waals surface area contributed by atoms with Gasteiger partial charge in [-0.1, -0.05) is 0 Å². The topological polar surface area (TPSA) is 86.0 Å². The molecule has 0 aliphatic rings. The zero-order chi connectivity index (χ0) is 3.58. The summed E-state index contributed by atoms with van der Waals surface area (Å²) in [6, 6.07) is 0. The van der Waals surface area contributed by atoms with E-state index in [1.54, 1.807) is 0 Å². The fourth-order valence-corrected chi connectivity index (χ4v) is 0. The van der Waals surface area contributed by atoms with E-state index in [-0.39, 0.29) is 35.0 Å². The van der Waals surface area contributed by atoms with Gasteiger partial charge in [0, 0.05) is 5.48 Å². The third-order valence-electron chi connectivity index (χ3n) is 0. The first-order valence-electron chi connectivity index (χ1n) is 0.532. The Hall–Kier alpha value is 1.03. The molecule has 0 rings (SSSR count). The van der Waals surface area contributed by atoms with Gasteiger partial charge in [0.15, 0.2) is 0 Å². The summed E-state index contributed by atoms with van der Waals surface area (Å²) in [7, 11) is 0. The fraction of sp³-hybridized carbons (Fsp3) is 0. The average molecular weight is 122 g/mol. The molecule has 0 aromatic rings. The van der Waals surface area contributed by atoms with Gasteiger partial charge in [-0.3, -0.25) is 9.11 Å². The number of rotatable bonds is 0. The molecule has 0 aromatic carbocycles. The molecule has 0 unspecified atom stereocenters. The molecule has 4 nitrogen and oxygen atoms in total. The van der Waals surface area contributed by atoms with E-state index in [1.165, 1.54) is 0 Å². The molecule has 0 aliphatic carbocycles. The van der Waals surface area contributed by atoms with Crippen molar-refractivity contribution in [2.45, 2.75) is 0 Å². The zero-order valence-electron chi connectivity index (χ0n) is 2.12. The van der Waals surface area contributed by atoms with Gasteiger partial charge in [-0.15, -0.1) is 0 Å². The molecule has 0 heterocycles. The summed E-state index contributed by atoms with van der Waals surface area (Å²) in [4.78, 5) is 0. The van der Waals surface area contributed by atoms with Crippen LogP contribution in [0, 0.1) is 0 Å². The van der Waals surface area contributed by atoms with E-state index in [0.29, 0.717) is 0 Å². The predicted octanol–water partition coefficient (Wildman–Crippen LogP) is -1.09. The molecule has 0 amide bonds. The van der Waals surface area contributed by atoms with Gasteiger partial charge in [0.05, 0.1) is 0 Å². The van der Waals surface area contributed by atoms with Gasteiger partial charge in [0.2, 0.25) is 0 Å². The summed E-state index contributed by atoms with van der Waals surface area (Å²) in [6.07, 6.45) is 0. The summed E-state index contributed by atoms with van der Waals surface area (Å²) in [5.74, 6) is 0. The van der Waals surface area contributed by atoms with Crippen molar-refractivity contribution in [3.05, 3.63) is 0 Å². The predicted molar refractivity (Wildman–Crippen MR) is 21.2 cm³/mol. The fourth-order valence-electron chi connectivity index (χ4n) is 0. The second kappa shape index (κ2) is 9.39. The Morgan fingerprint density at radius 2 is 1.33 bits per heavy atom. The van der Waals surface area contributed by atoms with Crippen molar-refractivity contribution in [2.75, 3.05) is 0 Å². The first-order chi connectivity index (χ1) is 1.73. The minimum absolute atomic E-state index is 0. The van der Waals surface area contributed by atoms with E-state index in [9.17, 15) is 0 Å². The summed E-state index contributed by atoms with van der Waals surface area (Å²) < 4.78 is 22.8. The van der Waals surface area contributed by atoms with E-state index in [0.717, 1.165) is 0 Å². The summed E-state index contributed by atoms with van der Waals surface area (Å²) in [5, 5.41) is 0. The Balaban J connectivity index is -0.0000000450. The third-order valence-corrected chi connectivity index (χ3v) is 0. The standard InChI is InChI=1S/Na.H2O3S.O.H/c;1-4(2)3;;/h;(H2,1,2,3);;. The summed E-state index contributed by atoms with van der Waals surface area (Å²) in [6.45, 7) is 0. The Labute approximate surface area is 59.6 Å². The Morgan fingerprint density at radius 3 is 1.33 bits per heavy atom. The van der Waals surface area contributed by atoms with E-state index in [1.807, 2.05) is 0 Å². The molecular weight excluding hydrogens is 119 g/mol. The molecule has 0 bridgehead atoms. The minimum Gasteiger partial charge on any atom is 0 e. The first kappa shape index (κ1) is 15.7. The van der Waals surface area contributed by atoms with E-state index in [2.05, 4.69) is 0 Å². The van der Waals surface area contributed by atoms with Crippen LogP contribution in [0.15, 0.2) is 0 Å². The van der Waals surface area contributed by atoms with Crippen LogP contribution in [-0.4, -0.2) is 42.9 Å². The third kappa shape index (κ3) is 77.0.